The van der Waals surface area contributed by atoms with Crippen LogP contribution in [0.15, 0.2) is 23.0 Å². The molecule has 5 nitrogen and oxygen atoms in total. The number of rotatable bonds is 7. The van der Waals surface area contributed by atoms with E-state index in [0.29, 0.717) is 24.3 Å². The number of nitrogens with zero attached hydrogens (tertiary/aromatic N) is 1. The molecular weight excluding hydrogens is 335 g/mol. The van der Waals surface area contributed by atoms with E-state index in [1.54, 1.807) is 23.7 Å². The number of aromatic amines is 1. The second-order valence-corrected chi connectivity index (χ2v) is 5.86. The standard InChI is InChI=1S/C18H25FN2O3.C2H6/c1-6-23-15-9-8-13(10-14(15)19)17(24-7-2)16-12(5)21(11(3)4)20-18(16)22;1-2/h8-11,17H,6-7H2,1-5H3,(H,20,22);1-2H3. The molecule has 1 unspecified atom stereocenters. The molecular formula is C20H31FN2O3. The molecule has 146 valence electrons. The first-order valence-electron chi connectivity index (χ1n) is 9.25. The fourth-order valence-electron chi connectivity index (χ4n) is 2.84. The van der Waals surface area contributed by atoms with Crippen molar-refractivity contribution in [2.45, 2.75) is 60.6 Å². The first-order valence-corrected chi connectivity index (χ1v) is 9.25. The van der Waals surface area contributed by atoms with Crippen molar-refractivity contribution in [3.63, 3.8) is 0 Å². The van der Waals surface area contributed by atoms with Crippen molar-refractivity contribution < 1.29 is 13.9 Å². The number of nitrogens with one attached hydrogen (secondary N) is 1. The average Bonchev–Trinajstić information content (AvgIpc) is 2.91. The molecule has 1 aromatic heterocycles. The first kappa shape index (κ1) is 22.0. The molecule has 0 saturated carbocycles. The lowest BCUT2D eigenvalue weighted by Crippen LogP contribution is -2.16. The fourth-order valence-corrected chi connectivity index (χ4v) is 2.84. The number of aromatic nitrogens is 2. The maximum atomic E-state index is 14.2. The molecule has 6 heteroatoms. The molecule has 0 aliphatic rings. The molecule has 0 aliphatic carbocycles. The lowest BCUT2D eigenvalue weighted by molar-refractivity contribution is 0.0898. The van der Waals surface area contributed by atoms with E-state index in [1.807, 2.05) is 41.5 Å². The molecule has 0 aliphatic heterocycles. The lowest BCUT2D eigenvalue weighted by Gasteiger charge is -2.18. The van der Waals surface area contributed by atoms with E-state index in [1.165, 1.54) is 6.07 Å². The Morgan fingerprint density at radius 1 is 1.19 bits per heavy atom. The van der Waals surface area contributed by atoms with E-state index < -0.39 is 11.9 Å². The zero-order chi connectivity index (χ0) is 19.9. The third kappa shape index (κ3) is 4.75. The molecule has 26 heavy (non-hydrogen) atoms. The van der Waals surface area contributed by atoms with Crippen LogP contribution in [0.25, 0.3) is 0 Å². The third-order valence-corrected chi connectivity index (χ3v) is 3.89. The van der Waals surface area contributed by atoms with Gasteiger partial charge in [0.05, 0.1) is 12.2 Å². The van der Waals surface area contributed by atoms with Crippen molar-refractivity contribution >= 4 is 0 Å². The molecule has 0 amide bonds. The maximum absolute atomic E-state index is 14.2. The molecule has 0 saturated heterocycles. The van der Waals surface area contributed by atoms with Crippen LogP contribution in [0, 0.1) is 12.7 Å². The van der Waals surface area contributed by atoms with Gasteiger partial charge in [-0.2, -0.15) is 0 Å². The topological polar surface area (TPSA) is 56.2 Å². The van der Waals surface area contributed by atoms with Crippen molar-refractivity contribution in [1.29, 1.82) is 0 Å². The van der Waals surface area contributed by atoms with Gasteiger partial charge in [-0.1, -0.05) is 19.9 Å². The number of ether oxygens (including phenoxy) is 2. The van der Waals surface area contributed by atoms with Crippen molar-refractivity contribution in [3.05, 3.63) is 51.2 Å². The predicted molar refractivity (Wildman–Crippen MR) is 103 cm³/mol. The van der Waals surface area contributed by atoms with Crippen LogP contribution in [0.3, 0.4) is 0 Å². The normalized spacial score (nSPS) is 11.9. The molecule has 2 aromatic rings. The highest BCUT2D eigenvalue weighted by molar-refractivity contribution is 5.36. The van der Waals surface area contributed by atoms with Crippen LogP contribution in [0.1, 0.15) is 70.5 Å². The highest BCUT2D eigenvalue weighted by Gasteiger charge is 2.25. The Bertz CT molecular complexity index is 750. The number of benzene rings is 1. The Labute approximate surface area is 155 Å². The first-order chi connectivity index (χ1) is 12.4. The number of hydrogen-bond acceptors (Lipinski definition) is 3. The average molecular weight is 366 g/mol. The van der Waals surface area contributed by atoms with Gasteiger partial charge >= 0.3 is 0 Å². The van der Waals surface area contributed by atoms with Gasteiger partial charge in [-0.05, 0) is 52.3 Å². The summed E-state index contributed by atoms with van der Waals surface area (Å²) in [4.78, 5) is 12.4. The van der Waals surface area contributed by atoms with Gasteiger partial charge in [-0.15, -0.1) is 0 Å². The van der Waals surface area contributed by atoms with E-state index in [-0.39, 0.29) is 17.4 Å². The molecule has 1 atom stereocenters. The van der Waals surface area contributed by atoms with Gasteiger partial charge in [0.15, 0.2) is 11.6 Å². The quantitative estimate of drug-likeness (QED) is 0.769. The minimum atomic E-state index is -0.621. The summed E-state index contributed by atoms with van der Waals surface area (Å²) in [6.45, 7) is 14.3. The molecule has 0 bridgehead atoms. The van der Waals surface area contributed by atoms with E-state index in [0.717, 1.165) is 5.69 Å². The van der Waals surface area contributed by atoms with E-state index in [4.69, 9.17) is 9.47 Å². The summed E-state index contributed by atoms with van der Waals surface area (Å²) in [5.41, 5.74) is 1.68. The summed E-state index contributed by atoms with van der Waals surface area (Å²) in [5.74, 6) is -0.265. The second kappa shape index (κ2) is 10.2. The van der Waals surface area contributed by atoms with E-state index >= 15 is 0 Å². The SMILES string of the molecule is CC.CCOc1ccc(C(OCC)c2c(C)n(C(C)C)[nH]c2=O)cc1F. The summed E-state index contributed by atoms with van der Waals surface area (Å²) >= 11 is 0. The van der Waals surface area contributed by atoms with Gasteiger partial charge < -0.3 is 9.47 Å². The van der Waals surface area contributed by atoms with Crippen LogP contribution >= 0.6 is 0 Å². The van der Waals surface area contributed by atoms with Gasteiger partial charge in [0.2, 0.25) is 0 Å². The van der Waals surface area contributed by atoms with Gasteiger partial charge in [0.1, 0.15) is 6.10 Å². The van der Waals surface area contributed by atoms with Crippen LogP contribution < -0.4 is 10.3 Å². The van der Waals surface area contributed by atoms with Crippen molar-refractivity contribution in [1.82, 2.24) is 9.78 Å². The molecule has 0 fully saturated rings. The van der Waals surface area contributed by atoms with Crippen LogP contribution in [0.5, 0.6) is 5.75 Å². The van der Waals surface area contributed by atoms with Gasteiger partial charge in [-0.25, -0.2) is 4.39 Å². The Balaban J connectivity index is 0.00000163. The van der Waals surface area contributed by atoms with Crippen LogP contribution in [-0.4, -0.2) is 23.0 Å². The number of hydrogen-bond donors (Lipinski definition) is 1. The highest BCUT2D eigenvalue weighted by Crippen LogP contribution is 2.30. The summed E-state index contributed by atoms with van der Waals surface area (Å²) in [6.07, 6.45) is -0.621. The molecule has 1 N–H and O–H groups in total. The third-order valence-electron chi connectivity index (χ3n) is 3.89. The van der Waals surface area contributed by atoms with Crippen molar-refractivity contribution in [2.75, 3.05) is 13.2 Å². The zero-order valence-corrected chi connectivity index (χ0v) is 16.9. The lowest BCUT2D eigenvalue weighted by atomic mass is 10.0. The number of H-pyrrole nitrogens is 1. The Kier molecular flexibility index (Phi) is 8.58. The summed E-state index contributed by atoms with van der Waals surface area (Å²) in [6, 6.07) is 4.80. The Hall–Kier alpha value is -2.08. The van der Waals surface area contributed by atoms with Crippen molar-refractivity contribution in [3.8, 4) is 5.75 Å². The van der Waals surface area contributed by atoms with Crippen LogP contribution in [0.2, 0.25) is 0 Å². The summed E-state index contributed by atoms with van der Waals surface area (Å²) < 4.78 is 27.0. The monoisotopic (exact) mass is 366 g/mol. The van der Waals surface area contributed by atoms with Gasteiger partial charge in [0, 0.05) is 18.3 Å². The maximum Gasteiger partial charge on any atom is 0.270 e. The zero-order valence-electron chi connectivity index (χ0n) is 16.9. The van der Waals surface area contributed by atoms with Crippen LogP contribution in [-0.2, 0) is 4.74 Å². The van der Waals surface area contributed by atoms with Gasteiger partial charge in [0.25, 0.3) is 5.56 Å². The summed E-state index contributed by atoms with van der Waals surface area (Å²) in [7, 11) is 0. The van der Waals surface area contributed by atoms with Crippen molar-refractivity contribution in [2.24, 2.45) is 0 Å². The molecule has 2 rings (SSSR count). The smallest absolute Gasteiger partial charge is 0.270 e. The van der Waals surface area contributed by atoms with E-state index in [9.17, 15) is 9.18 Å². The fraction of sp³-hybridized carbons (Fsp3) is 0.550. The largest absolute Gasteiger partial charge is 0.491 e. The Morgan fingerprint density at radius 3 is 2.31 bits per heavy atom. The molecule has 1 aromatic carbocycles. The Morgan fingerprint density at radius 2 is 1.85 bits per heavy atom. The minimum Gasteiger partial charge on any atom is -0.491 e. The van der Waals surface area contributed by atoms with E-state index in [2.05, 4.69) is 5.10 Å². The van der Waals surface area contributed by atoms with Crippen LogP contribution in [0.4, 0.5) is 4.39 Å². The molecule has 0 radical (unpaired) electrons. The minimum absolute atomic E-state index is 0.116. The molecule has 1 heterocycles. The second-order valence-electron chi connectivity index (χ2n) is 5.86. The number of halogens is 1. The predicted octanol–water partition coefficient (Wildman–Crippen LogP) is 4.76. The summed E-state index contributed by atoms with van der Waals surface area (Å²) in [5, 5.41) is 2.83. The van der Waals surface area contributed by atoms with Gasteiger partial charge in [-0.3, -0.25) is 14.6 Å². The molecule has 0 spiro atoms. The highest BCUT2D eigenvalue weighted by atomic mass is 19.1.